The fraction of sp³-hybridized carbons (Fsp3) is 0.250. The molecule has 0 aliphatic heterocycles. The highest BCUT2D eigenvalue weighted by molar-refractivity contribution is 9.10. The third-order valence-electron chi connectivity index (χ3n) is 3.89. The number of carbonyl (C=O) groups excluding carboxylic acids is 3. The number of halogens is 1. The van der Waals surface area contributed by atoms with Gasteiger partial charge in [-0.1, -0.05) is 22.0 Å². The van der Waals surface area contributed by atoms with Crippen molar-refractivity contribution in [2.24, 2.45) is 0 Å². The lowest BCUT2D eigenvalue weighted by atomic mass is 10.1. The number of ether oxygens (including phenoxy) is 2. The molecule has 8 heteroatoms. The number of benzene rings is 2. The molecule has 0 aliphatic carbocycles. The first-order valence-electron chi connectivity index (χ1n) is 8.46. The minimum absolute atomic E-state index is 0.119. The number of anilines is 1. The van der Waals surface area contributed by atoms with Crippen LogP contribution in [0.15, 0.2) is 40.9 Å². The second-order valence-electron chi connectivity index (χ2n) is 5.90. The van der Waals surface area contributed by atoms with E-state index in [-0.39, 0.29) is 23.7 Å². The quantitative estimate of drug-likeness (QED) is 0.478. The molecule has 0 aromatic heterocycles. The standard InChI is InChI=1S/C20H21BrN2O5/c1-12(24)23-16-6-5-14(21)11-15(16)19(25)20(26)22-9-8-13-4-7-17(27-2)18(10-13)28-3/h4-7,10-11H,8-9H2,1-3H3,(H,22,26)(H,23,24). The van der Waals surface area contributed by atoms with Gasteiger partial charge in [0.05, 0.1) is 25.5 Å². The van der Waals surface area contributed by atoms with Gasteiger partial charge in [-0.05, 0) is 42.3 Å². The van der Waals surface area contributed by atoms with Crippen LogP contribution in [0.2, 0.25) is 0 Å². The van der Waals surface area contributed by atoms with Gasteiger partial charge in [0, 0.05) is 17.9 Å². The van der Waals surface area contributed by atoms with Crippen LogP contribution in [0.3, 0.4) is 0 Å². The molecule has 0 unspecified atom stereocenters. The average Bonchev–Trinajstić information content (AvgIpc) is 2.68. The van der Waals surface area contributed by atoms with E-state index in [0.717, 1.165) is 5.56 Å². The molecule has 7 nitrogen and oxygen atoms in total. The summed E-state index contributed by atoms with van der Waals surface area (Å²) in [5, 5.41) is 5.16. The first-order valence-corrected chi connectivity index (χ1v) is 9.25. The van der Waals surface area contributed by atoms with Gasteiger partial charge in [0.25, 0.3) is 11.7 Å². The lowest BCUT2D eigenvalue weighted by Gasteiger charge is -2.11. The van der Waals surface area contributed by atoms with Gasteiger partial charge < -0.3 is 20.1 Å². The Hall–Kier alpha value is -2.87. The molecule has 0 saturated heterocycles. The normalized spacial score (nSPS) is 10.1. The van der Waals surface area contributed by atoms with Crippen molar-refractivity contribution in [2.75, 3.05) is 26.1 Å². The number of methoxy groups -OCH3 is 2. The Balaban J connectivity index is 2.03. The fourth-order valence-electron chi connectivity index (χ4n) is 2.56. The van der Waals surface area contributed by atoms with Crippen molar-refractivity contribution in [2.45, 2.75) is 13.3 Å². The average molecular weight is 449 g/mol. The van der Waals surface area contributed by atoms with Gasteiger partial charge in [-0.15, -0.1) is 0 Å². The van der Waals surface area contributed by atoms with Crippen LogP contribution in [0.5, 0.6) is 11.5 Å². The van der Waals surface area contributed by atoms with E-state index < -0.39 is 11.7 Å². The Morgan fingerprint density at radius 2 is 1.71 bits per heavy atom. The van der Waals surface area contributed by atoms with Crippen LogP contribution in [0.25, 0.3) is 0 Å². The maximum absolute atomic E-state index is 12.5. The lowest BCUT2D eigenvalue weighted by molar-refractivity contribution is -0.117. The minimum atomic E-state index is -0.745. The van der Waals surface area contributed by atoms with E-state index in [0.29, 0.717) is 22.4 Å². The summed E-state index contributed by atoms with van der Waals surface area (Å²) in [4.78, 5) is 36.1. The molecular weight excluding hydrogens is 428 g/mol. The second kappa shape index (κ2) is 9.89. The molecule has 2 aromatic carbocycles. The molecule has 28 heavy (non-hydrogen) atoms. The number of hydrogen-bond acceptors (Lipinski definition) is 5. The number of Topliss-reactive ketones (excluding diaryl/α,β-unsaturated/α-hetero) is 1. The molecular formula is C20H21BrN2O5. The number of nitrogens with one attached hydrogen (secondary N) is 2. The summed E-state index contributed by atoms with van der Waals surface area (Å²) in [6.45, 7) is 1.60. The SMILES string of the molecule is COc1ccc(CCNC(=O)C(=O)c2cc(Br)ccc2NC(C)=O)cc1OC. The van der Waals surface area contributed by atoms with Gasteiger partial charge in [0.15, 0.2) is 11.5 Å². The van der Waals surface area contributed by atoms with Crippen LogP contribution in [-0.4, -0.2) is 38.4 Å². The van der Waals surface area contributed by atoms with Gasteiger partial charge >= 0.3 is 0 Å². The molecule has 0 radical (unpaired) electrons. The van der Waals surface area contributed by atoms with Crippen molar-refractivity contribution in [1.82, 2.24) is 5.32 Å². The van der Waals surface area contributed by atoms with Crippen LogP contribution < -0.4 is 20.1 Å². The number of ketones is 1. The van der Waals surface area contributed by atoms with Crippen LogP contribution in [0.4, 0.5) is 5.69 Å². The minimum Gasteiger partial charge on any atom is -0.493 e. The highest BCUT2D eigenvalue weighted by Gasteiger charge is 2.20. The molecule has 0 bridgehead atoms. The smallest absolute Gasteiger partial charge is 0.292 e. The molecule has 0 atom stereocenters. The summed E-state index contributed by atoms with van der Waals surface area (Å²) < 4.78 is 11.1. The van der Waals surface area contributed by atoms with Gasteiger partial charge in [-0.3, -0.25) is 14.4 Å². The Kier molecular flexibility index (Phi) is 7.57. The molecule has 0 aliphatic rings. The van der Waals surface area contributed by atoms with E-state index in [2.05, 4.69) is 26.6 Å². The molecule has 0 saturated carbocycles. The Labute approximate surface area is 171 Å². The summed E-state index contributed by atoms with van der Waals surface area (Å²) in [5.41, 5.74) is 1.33. The van der Waals surface area contributed by atoms with Crippen molar-refractivity contribution in [3.05, 3.63) is 52.0 Å². The van der Waals surface area contributed by atoms with Crippen molar-refractivity contribution < 1.29 is 23.9 Å². The summed E-state index contributed by atoms with van der Waals surface area (Å²) in [6.07, 6.45) is 0.510. The van der Waals surface area contributed by atoms with E-state index in [1.807, 2.05) is 12.1 Å². The Morgan fingerprint density at radius 1 is 1.00 bits per heavy atom. The molecule has 2 aromatic rings. The number of amides is 2. The van der Waals surface area contributed by atoms with Gasteiger partial charge in [-0.25, -0.2) is 0 Å². The zero-order valence-corrected chi connectivity index (χ0v) is 17.4. The number of rotatable bonds is 8. The predicted octanol–water partition coefficient (Wildman–Crippen LogP) is 2.97. The largest absolute Gasteiger partial charge is 0.493 e. The van der Waals surface area contributed by atoms with E-state index in [1.54, 1.807) is 32.4 Å². The molecule has 2 rings (SSSR count). The Bertz CT molecular complexity index is 898. The van der Waals surface area contributed by atoms with Gasteiger partial charge in [0.2, 0.25) is 5.91 Å². The summed E-state index contributed by atoms with van der Waals surface area (Å²) >= 11 is 3.27. The molecule has 148 valence electrons. The van der Waals surface area contributed by atoms with Crippen LogP contribution >= 0.6 is 15.9 Å². The van der Waals surface area contributed by atoms with Crippen LogP contribution in [0, 0.1) is 0 Å². The highest BCUT2D eigenvalue weighted by atomic mass is 79.9. The van der Waals surface area contributed by atoms with Gasteiger partial charge in [-0.2, -0.15) is 0 Å². The zero-order valence-electron chi connectivity index (χ0n) is 15.8. The first-order chi connectivity index (χ1) is 13.3. The van der Waals surface area contributed by atoms with E-state index in [9.17, 15) is 14.4 Å². The molecule has 2 amide bonds. The van der Waals surface area contributed by atoms with Crippen LogP contribution in [-0.2, 0) is 16.0 Å². The molecule has 0 spiro atoms. The van der Waals surface area contributed by atoms with Gasteiger partial charge in [0.1, 0.15) is 0 Å². The van der Waals surface area contributed by atoms with Crippen molar-refractivity contribution in [3.63, 3.8) is 0 Å². The lowest BCUT2D eigenvalue weighted by Crippen LogP contribution is -2.33. The molecule has 0 heterocycles. The second-order valence-corrected chi connectivity index (χ2v) is 6.81. The van der Waals surface area contributed by atoms with E-state index >= 15 is 0 Å². The van der Waals surface area contributed by atoms with E-state index in [1.165, 1.54) is 13.0 Å². The Morgan fingerprint density at radius 3 is 2.36 bits per heavy atom. The third kappa shape index (κ3) is 5.56. The highest BCUT2D eigenvalue weighted by Crippen LogP contribution is 2.27. The molecule has 0 fully saturated rings. The van der Waals surface area contributed by atoms with Crippen molar-refractivity contribution in [1.29, 1.82) is 0 Å². The summed E-state index contributed by atoms with van der Waals surface area (Å²) in [5.74, 6) is -0.588. The summed E-state index contributed by atoms with van der Waals surface area (Å²) in [7, 11) is 3.10. The van der Waals surface area contributed by atoms with Crippen molar-refractivity contribution >= 4 is 39.2 Å². The molecule has 2 N–H and O–H groups in total. The van der Waals surface area contributed by atoms with E-state index in [4.69, 9.17) is 9.47 Å². The monoisotopic (exact) mass is 448 g/mol. The predicted molar refractivity (Wildman–Crippen MR) is 109 cm³/mol. The first kappa shape index (κ1) is 21.4. The fourth-order valence-corrected chi connectivity index (χ4v) is 2.92. The maximum atomic E-state index is 12.5. The van der Waals surface area contributed by atoms with Crippen molar-refractivity contribution in [3.8, 4) is 11.5 Å². The van der Waals surface area contributed by atoms with Crippen LogP contribution in [0.1, 0.15) is 22.8 Å². The topological polar surface area (TPSA) is 93.7 Å². The number of carbonyl (C=O) groups is 3. The third-order valence-corrected chi connectivity index (χ3v) is 4.38. The zero-order chi connectivity index (χ0) is 20.7. The number of hydrogen-bond donors (Lipinski definition) is 2. The summed E-state index contributed by atoms with van der Waals surface area (Å²) in [6, 6.07) is 10.2. The maximum Gasteiger partial charge on any atom is 0.292 e.